The van der Waals surface area contributed by atoms with Gasteiger partial charge in [0, 0.05) is 19.6 Å². The Morgan fingerprint density at radius 2 is 2.43 bits per heavy atom. The molecule has 3 rings (SSSR count). The molecule has 2 amide bonds. The smallest absolute Gasteiger partial charge is 0.265 e. The number of aromatic nitrogens is 1. The number of aliphatic hydroxyl groups is 1. The predicted octanol–water partition coefficient (Wildman–Crippen LogP) is -0.172. The van der Waals surface area contributed by atoms with Crippen LogP contribution in [0.25, 0.3) is 0 Å². The third kappa shape index (κ3) is 2.38. The highest BCUT2D eigenvalue weighted by atomic mass is 32.1. The fourth-order valence-corrected chi connectivity index (χ4v) is 3.81. The van der Waals surface area contributed by atoms with E-state index in [1.807, 2.05) is 0 Å². The second-order valence-electron chi connectivity index (χ2n) is 5.61. The standard InChI is InChI=1S/C13H18N4O3S/c14-12-16-6-8(21-12)10(19)17-5-2-9(18)13(7-17)3-1-4-15-11(13)20/h6,9,18H,1-5,7H2,(H2,14,16)(H,15,20)/t9-,13+/m0/s1. The molecule has 7 nitrogen and oxygen atoms in total. The van der Waals surface area contributed by atoms with Crippen molar-refractivity contribution < 1.29 is 14.7 Å². The summed E-state index contributed by atoms with van der Waals surface area (Å²) in [6, 6.07) is 0. The van der Waals surface area contributed by atoms with Gasteiger partial charge in [0.05, 0.1) is 17.7 Å². The monoisotopic (exact) mass is 310 g/mol. The number of nitrogens with two attached hydrogens (primary N) is 1. The minimum absolute atomic E-state index is 0.150. The van der Waals surface area contributed by atoms with Crippen LogP contribution in [-0.2, 0) is 4.79 Å². The van der Waals surface area contributed by atoms with Crippen LogP contribution >= 0.6 is 11.3 Å². The Kier molecular flexibility index (Phi) is 3.58. The molecule has 2 aliphatic rings. The van der Waals surface area contributed by atoms with E-state index in [0.717, 1.165) is 17.8 Å². The Bertz CT molecular complexity index is 576. The van der Waals surface area contributed by atoms with E-state index in [2.05, 4.69) is 10.3 Å². The highest BCUT2D eigenvalue weighted by molar-refractivity contribution is 7.17. The first kappa shape index (κ1) is 14.3. The van der Waals surface area contributed by atoms with Crippen LogP contribution < -0.4 is 11.1 Å². The van der Waals surface area contributed by atoms with Gasteiger partial charge in [-0.1, -0.05) is 11.3 Å². The topological polar surface area (TPSA) is 109 Å². The molecule has 3 heterocycles. The highest BCUT2D eigenvalue weighted by Gasteiger charge is 2.50. The number of hydrogen-bond donors (Lipinski definition) is 3. The summed E-state index contributed by atoms with van der Waals surface area (Å²) in [5.74, 6) is -0.323. The lowest BCUT2D eigenvalue weighted by molar-refractivity contribution is -0.147. The first-order chi connectivity index (χ1) is 10.0. The first-order valence-electron chi connectivity index (χ1n) is 7.00. The lowest BCUT2D eigenvalue weighted by atomic mass is 9.71. The molecule has 2 atom stereocenters. The number of anilines is 1. The molecule has 0 unspecified atom stereocenters. The molecule has 2 saturated heterocycles. The van der Waals surface area contributed by atoms with Crippen molar-refractivity contribution in [3.05, 3.63) is 11.1 Å². The van der Waals surface area contributed by atoms with Gasteiger partial charge in [-0.3, -0.25) is 9.59 Å². The van der Waals surface area contributed by atoms with Gasteiger partial charge in [-0.15, -0.1) is 0 Å². The fourth-order valence-electron chi connectivity index (χ4n) is 3.16. The quantitative estimate of drug-likeness (QED) is 0.667. The van der Waals surface area contributed by atoms with E-state index >= 15 is 0 Å². The number of amides is 2. The van der Waals surface area contributed by atoms with Gasteiger partial charge in [0.15, 0.2) is 5.13 Å². The van der Waals surface area contributed by atoms with Crippen molar-refractivity contribution >= 4 is 28.3 Å². The second-order valence-corrected chi connectivity index (χ2v) is 6.67. The third-order valence-electron chi connectivity index (χ3n) is 4.34. The molecule has 4 N–H and O–H groups in total. The first-order valence-corrected chi connectivity index (χ1v) is 7.81. The minimum Gasteiger partial charge on any atom is -0.392 e. The van der Waals surface area contributed by atoms with Crippen molar-refractivity contribution in [1.29, 1.82) is 0 Å². The molecular weight excluding hydrogens is 292 g/mol. The third-order valence-corrected chi connectivity index (χ3v) is 5.16. The molecule has 1 aromatic rings. The van der Waals surface area contributed by atoms with E-state index < -0.39 is 11.5 Å². The zero-order valence-corrected chi connectivity index (χ0v) is 12.4. The number of thiazole rings is 1. The van der Waals surface area contributed by atoms with Crippen LogP contribution in [0, 0.1) is 5.41 Å². The maximum Gasteiger partial charge on any atom is 0.265 e. The van der Waals surface area contributed by atoms with Gasteiger partial charge in [0.2, 0.25) is 5.91 Å². The number of likely N-dealkylation sites (tertiary alicyclic amines) is 1. The van der Waals surface area contributed by atoms with Gasteiger partial charge in [-0.2, -0.15) is 0 Å². The van der Waals surface area contributed by atoms with E-state index in [9.17, 15) is 14.7 Å². The van der Waals surface area contributed by atoms with Crippen molar-refractivity contribution in [2.45, 2.75) is 25.4 Å². The molecule has 0 saturated carbocycles. The van der Waals surface area contributed by atoms with Crippen LogP contribution in [0.15, 0.2) is 6.20 Å². The van der Waals surface area contributed by atoms with Crippen LogP contribution in [0.4, 0.5) is 5.13 Å². The average Bonchev–Trinajstić information content (AvgIpc) is 2.90. The molecule has 1 aromatic heterocycles. The zero-order chi connectivity index (χ0) is 15.0. The number of carbonyl (C=O) groups is 2. The SMILES string of the molecule is Nc1ncc(C(=O)N2CC[C@H](O)[C@@]3(CCCNC3=O)C2)s1. The number of carbonyl (C=O) groups excluding carboxylic acids is 2. The number of nitrogens with one attached hydrogen (secondary N) is 1. The number of hydrogen-bond acceptors (Lipinski definition) is 6. The van der Waals surface area contributed by atoms with Crippen molar-refractivity contribution in [2.24, 2.45) is 5.41 Å². The average molecular weight is 310 g/mol. The minimum atomic E-state index is -0.873. The summed E-state index contributed by atoms with van der Waals surface area (Å²) in [6.45, 7) is 1.32. The van der Waals surface area contributed by atoms with Crippen molar-refractivity contribution in [3.63, 3.8) is 0 Å². The summed E-state index contributed by atoms with van der Waals surface area (Å²) >= 11 is 1.14. The summed E-state index contributed by atoms with van der Waals surface area (Å²) in [5.41, 5.74) is 4.69. The van der Waals surface area contributed by atoms with Gasteiger partial charge in [0.25, 0.3) is 5.91 Å². The Labute approximate surface area is 126 Å². The van der Waals surface area contributed by atoms with Crippen molar-refractivity contribution in [3.8, 4) is 0 Å². The van der Waals surface area contributed by atoms with Gasteiger partial charge >= 0.3 is 0 Å². The van der Waals surface area contributed by atoms with Gasteiger partial charge in [-0.25, -0.2) is 4.98 Å². The number of nitrogens with zero attached hydrogens (tertiary/aromatic N) is 2. The lowest BCUT2D eigenvalue weighted by Crippen LogP contribution is -2.62. The van der Waals surface area contributed by atoms with E-state index in [-0.39, 0.29) is 18.4 Å². The highest BCUT2D eigenvalue weighted by Crippen LogP contribution is 2.37. The molecule has 21 heavy (non-hydrogen) atoms. The second kappa shape index (κ2) is 5.27. The van der Waals surface area contributed by atoms with Crippen LogP contribution in [-0.4, -0.2) is 52.5 Å². The fraction of sp³-hybridized carbons (Fsp3) is 0.615. The molecule has 1 spiro atoms. The molecule has 0 aliphatic carbocycles. The van der Waals surface area contributed by atoms with E-state index in [1.165, 1.54) is 6.20 Å². The normalized spacial score (nSPS) is 29.5. The summed E-state index contributed by atoms with van der Waals surface area (Å²) < 4.78 is 0. The summed E-state index contributed by atoms with van der Waals surface area (Å²) in [6.07, 6.45) is 2.59. The maximum absolute atomic E-state index is 12.5. The number of piperidine rings is 2. The largest absolute Gasteiger partial charge is 0.392 e. The van der Waals surface area contributed by atoms with Crippen LogP contribution in [0.5, 0.6) is 0 Å². The Morgan fingerprint density at radius 3 is 3.10 bits per heavy atom. The van der Waals surface area contributed by atoms with Gasteiger partial charge in [-0.05, 0) is 19.3 Å². The maximum atomic E-state index is 12.5. The van der Waals surface area contributed by atoms with E-state index in [0.29, 0.717) is 35.9 Å². The van der Waals surface area contributed by atoms with Crippen LogP contribution in [0.3, 0.4) is 0 Å². The molecular formula is C13H18N4O3S. The molecule has 8 heteroatoms. The predicted molar refractivity (Wildman–Crippen MR) is 77.7 cm³/mol. The van der Waals surface area contributed by atoms with Crippen molar-refractivity contribution in [1.82, 2.24) is 15.2 Å². The Morgan fingerprint density at radius 1 is 1.62 bits per heavy atom. The molecule has 0 radical (unpaired) electrons. The van der Waals surface area contributed by atoms with Crippen molar-refractivity contribution in [2.75, 3.05) is 25.4 Å². The van der Waals surface area contributed by atoms with Crippen LogP contribution in [0.2, 0.25) is 0 Å². The molecule has 2 aliphatic heterocycles. The summed E-state index contributed by atoms with van der Waals surface area (Å²) in [5, 5.41) is 13.5. The zero-order valence-electron chi connectivity index (χ0n) is 11.5. The summed E-state index contributed by atoms with van der Waals surface area (Å²) in [7, 11) is 0. The molecule has 114 valence electrons. The lowest BCUT2D eigenvalue weighted by Gasteiger charge is -2.46. The van der Waals surface area contributed by atoms with E-state index in [1.54, 1.807) is 4.90 Å². The number of nitrogen functional groups attached to an aromatic ring is 1. The van der Waals surface area contributed by atoms with Gasteiger partial charge < -0.3 is 21.1 Å². The number of aliphatic hydroxyl groups excluding tert-OH is 1. The van der Waals surface area contributed by atoms with Gasteiger partial charge in [0.1, 0.15) is 4.88 Å². The Hall–Kier alpha value is -1.67. The van der Waals surface area contributed by atoms with E-state index in [4.69, 9.17) is 5.73 Å². The number of rotatable bonds is 1. The molecule has 0 bridgehead atoms. The molecule has 0 aromatic carbocycles. The summed E-state index contributed by atoms with van der Waals surface area (Å²) in [4.78, 5) is 30.7. The Balaban J connectivity index is 1.82. The molecule has 2 fully saturated rings. The van der Waals surface area contributed by atoms with Crippen LogP contribution in [0.1, 0.15) is 28.9 Å².